The van der Waals surface area contributed by atoms with Crippen molar-refractivity contribution in [2.45, 2.75) is 31.6 Å². The van der Waals surface area contributed by atoms with Gasteiger partial charge in [-0.3, -0.25) is 0 Å². The van der Waals surface area contributed by atoms with E-state index in [1.54, 1.807) is 0 Å². The lowest BCUT2D eigenvalue weighted by Gasteiger charge is -2.32. The van der Waals surface area contributed by atoms with Crippen LogP contribution in [-0.2, 0) is 0 Å². The van der Waals surface area contributed by atoms with E-state index in [1.807, 2.05) is 35.6 Å². The summed E-state index contributed by atoms with van der Waals surface area (Å²) >= 11 is 0. The van der Waals surface area contributed by atoms with Crippen LogP contribution in [0.15, 0.2) is 12.1 Å². The van der Waals surface area contributed by atoms with Gasteiger partial charge >= 0.3 is 0 Å². The van der Waals surface area contributed by atoms with Gasteiger partial charge in [0.1, 0.15) is 5.82 Å². The number of rotatable bonds is 5. The molecule has 0 radical (unpaired) electrons. The van der Waals surface area contributed by atoms with E-state index in [9.17, 15) is 0 Å². The first-order valence-corrected chi connectivity index (χ1v) is 9.55. The highest BCUT2D eigenvalue weighted by Crippen LogP contribution is 2.27. The largest absolute Gasteiger partial charge is 0.361 e. The Bertz CT molecular complexity index is 697. The first-order chi connectivity index (χ1) is 12.2. The maximum atomic E-state index is 4.71. The van der Waals surface area contributed by atoms with Gasteiger partial charge < -0.3 is 14.7 Å². The van der Waals surface area contributed by atoms with E-state index in [4.69, 9.17) is 5.10 Å². The Morgan fingerprint density at radius 3 is 2.32 bits per heavy atom. The summed E-state index contributed by atoms with van der Waals surface area (Å²) in [7, 11) is 4.02. The molecule has 0 aromatic carbocycles. The van der Waals surface area contributed by atoms with Gasteiger partial charge in [0.15, 0.2) is 11.5 Å². The number of nitrogens with zero attached hydrogens (tertiary/aromatic N) is 7. The van der Waals surface area contributed by atoms with E-state index in [-0.39, 0.29) is 0 Å². The summed E-state index contributed by atoms with van der Waals surface area (Å²) in [5.74, 6) is 2.43. The fraction of sp³-hybridized carbons (Fsp3) is 0.722. The molecule has 2 aromatic heterocycles. The average molecular weight is 343 g/mol. The number of piperidine rings is 1. The fourth-order valence-corrected chi connectivity index (χ4v) is 3.99. The Labute approximate surface area is 149 Å². The van der Waals surface area contributed by atoms with Crippen LogP contribution in [0.4, 0.5) is 5.82 Å². The Hall–Kier alpha value is -1.73. The molecular formula is C18H29N7. The van der Waals surface area contributed by atoms with Crippen molar-refractivity contribution in [2.75, 3.05) is 58.3 Å². The van der Waals surface area contributed by atoms with Crippen LogP contribution in [0, 0.1) is 0 Å². The molecule has 2 aliphatic rings. The second kappa shape index (κ2) is 7.25. The molecule has 2 saturated heterocycles. The van der Waals surface area contributed by atoms with Crippen molar-refractivity contribution in [1.29, 1.82) is 0 Å². The van der Waals surface area contributed by atoms with Crippen molar-refractivity contribution in [1.82, 2.24) is 29.6 Å². The third kappa shape index (κ3) is 3.62. The summed E-state index contributed by atoms with van der Waals surface area (Å²) in [6.07, 6.45) is 5.05. The lowest BCUT2D eigenvalue weighted by atomic mass is 9.96. The van der Waals surface area contributed by atoms with Gasteiger partial charge in [0.2, 0.25) is 0 Å². The van der Waals surface area contributed by atoms with Gasteiger partial charge in [-0.25, -0.2) is 0 Å². The Kier molecular flexibility index (Phi) is 4.85. The molecule has 0 N–H and O–H groups in total. The van der Waals surface area contributed by atoms with Crippen molar-refractivity contribution in [3.63, 3.8) is 0 Å². The Balaban J connectivity index is 1.38. The molecule has 7 nitrogen and oxygen atoms in total. The van der Waals surface area contributed by atoms with Gasteiger partial charge in [-0.1, -0.05) is 0 Å². The molecule has 7 heteroatoms. The zero-order valence-corrected chi connectivity index (χ0v) is 15.4. The zero-order valence-electron chi connectivity index (χ0n) is 15.4. The number of aromatic nitrogens is 4. The monoisotopic (exact) mass is 343 g/mol. The highest BCUT2D eigenvalue weighted by Gasteiger charge is 2.25. The molecule has 0 saturated carbocycles. The SMILES string of the molecule is CN(C)c1ccc2nnc(C3CCN(CCN4CCCC4)CC3)n2n1. The molecule has 0 aliphatic carbocycles. The Morgan fingerprint density at radius 1 is 0.960 bits per heavy atom. The summed E-state index contributed by atoms with van der Waals surface area (Å²) < 4.78 is 1.94. The maximum absolute atomic E-state index is 4.71. The summed E-state index contributed by atoms with van der Waals surface area (Å²) in [5, 5.41) is 13.5. The van der Waals surface area contributed by atoms with Crippen LogP contribution in [0.5, 0.6) is 0 Å². The topological polar surface area (TPSA) is 52.8 Å². The van der Waals surface area contributed by atoms with Crippen LogP contribution in [0.2, 0.25) is 0 Å². The smallest absolute Gasteiger partial charge is 0.178 e. The molecule has 2 fully saturated rings. The lowest BCUT2D eigenvalue weighted by Crippen LogP contribution is -2.38. The van der Waals surface area contributed by atoms with E-state index in [2.05, 4.69) is 20.0 Å². The molecule has 0 spiro atoms. The van der Waals surface area contributed by atoms with Crippen LogP contribution < -0.4 is 4.90 Å². The van der Waals surface area contributed by atoms with E-state index < -0.39 is 0 Å². The number of fused-ring (bicyclic) bond motifs is 1. The summed E-state index contributed by atoms with van der Waals surface area (Å²) in [6, 6.07) is 4.00. The molecule has 0 amide bonds. The van der Waals surface area contributed by atoms with Gasteiger partial charge in [-0.15, -0.1) is 15.3 Å². The standard InChI is InChI=1S/C18H29N7/c1-22(2)17-6-5-16-19-20-18(25(16)21-17)15-7-11-24(12-8-15)14-13-23-9-3-4-10-23/h5-6,15H,3-4,7-14H2,1-2H3. The molecule has 0 atom stereocenters. The number of hydrogen-bond acceptors (Lipinski definition) is 6. The van der Waals surface area contributed by atoms with Gasteiger partial charge in [0.25, 0.3) is 0 Å². The van der Waals surface area contributed by atoms with Crippen LogP contribution in [0.1, 0.15) is 37.4 Å². The minimum Gasteiger partial charge on any atom is -0.361 e. The minimum absolute atomic E-state index is 0.461. The third-order valence-corrected chi connectivity index (χ3v) is 5.61. The van der Waals surface area contributed by atoms with Gasteiger partial charge in [-0.05, 0) is 64.0 Å². The summed E-state index contributed by atoms with van der Waals surface area (Å²) in [4.78, 5) is 7.23. The van der Waals surface area contributed by atoms with Crippen LogP contribution >= 0.6 is 0 Å². The van der Waals surface area contributed by atoms with Crippen LogP contribution in [0.3, 0.4) is 0 Å². The predicted molar refractivity (Wildman–Crippen MR) is 99.2 cm³/mol. The molecular weight excluding hydrogens is 314 g/mol. The van der Waals surface area contributed by atoms with Gasteiger partial charge in [0.05, 0.1) is 0 Å². The van der Waals surface area contributed by atoms with Crippen molar-refractivity contribution >= 4 is 11.5 Å². The lowest BCUT2D eigenvalue weighted by molar-refractivity contribution is 0.182. The highest BCUT2D eigenvalue weighted by atomic mass is 15.4. The van der Waals surface area contributed by atoms with E-state index >= 15 is 0 Å². The van der Waals surface area contributed by atoms with E-state index in [1.165, 1.54) is 39.0 Å². The second-order valence-corrected chi connectivity index (χ2v) is 7.58. The summed E-state index contributed by atoms with van der Waals surface area (Å²) in [6.45, 7) is 7.33. The van der Waals surface area contributed by atoms with Crippen molar-refractivity contribution < 1.29 is 0 Å². The molecule has 0 unspecified atom stereocenters. The van der Waals surface area contributed by atoms with Gasteiger partial charge in [0, 0.05) is 33.1 Å². The molecule has 2 aromatic rings. The van der Waals surface area contributed by atoms with Crippen molar-refractivity contribution in [3.05, 3.63) is 18.0 Å². The first kappa shape index (κ1) is 16.7. The van der Waals surface area contributed by atoms with Gasteiger partial charge in [-0.2, -0.15) is 4.52 Å². The number of likely N-dealkylation sites (tertiary alicyclic amines) is 2. The van der Waals surface area contributed by atoms with Crippen LogP contribution in [0.25, 0.3) is 5.65 Å². The second-order valence-electron chi connectivity index (χ2n) is 7.58. The highest BCUT2D eigenvalue weighted by molar-refractivity contribution is 5.45. The molecule has 2 aliphatic heterocycles. The van der Waals surface area contributed by atoms with Crippen molar-refractivity contribution in [2.24, 2.45) is 0 Å². The molecule has 25 heavy (non-hydrogen) atoms. The maximum Gasteiger partial charge on any atom is 0.178 e. The molecule has 4 rings (SSSR count). The fourth-order valence-electron chi connectivity index (χ4n) is 3.99. The first-order valence-electron chi connectivity index (χ1n) is 9.55. The van der Waals surface area contributed by atoms with Crippen LogP contribution in [-0.4, -0.2) is 83.0 Å². The average Bonchev–Trinajstić information content (AvgIpc) is 3.29. The molecule has 0 bridgehead atoms. The third-order valence-electron chi connectivity index (χ3n) is 5.61. The number of anilines is 1. The predicted octanol–water partition coefficient (Wildman–Crippen LogP) is 1.47. The summed E-state index contributed by atoms with van der Waals surface area (Å²) in [5.41, 5.74) is 0.845. The molecule has 4 heterocycles. The van der Waals surface area contributed by atoms with E-state index in [0.717, 1.165) is 43.2 Å². The van der Waals surface area contributed by atoms with E-state index in [0.29, 0.717) is 5.92 Å². The van der Waals surface area contributed by atoms with Crippen molar-refractivity contribution in [3.8, 4) is 0 Å². The number of hydrogen-bond donors (Lipinski definition) is 0. The Morgan fingerprint density at radius 2 is 1.64 bits per heavy atom. The molecule has 136 valence electrons. The minimum atomic E-state index is 0.461. The quantitative estimate of drug-likeness (QED) is 0.819. The zero-order chi connectivity index (χ0) is 17.2. The normalized spacial score (nSPS) is 20.6.